The first kappa shape index (κ1) is 24.7. The highest BCUT2D eigenvalue weighted by atomic mass is 35.5. The van der Waals surface area contributed by atoms with Crippen LogP contribution in [-0.2, 0) is 21.9 Å². The van der Waals surface area contributed by atoms with E-state index in [1.54, 1.807) is 16.7 Å². The summed E-state index contributed by atoms with van der Waals surface area (Å²) in [7, 11) is 0. The van der Waals surface area contributed by atoms with Crippen molar-refractivity contribution in [3.05, 3.63) is 70.2 Å². The molecule has 0 spiro atoms. The lowest BCUT2D eigenvalue weighted by atomic mass is 9.95. The number of aryl methyl sites for hydroxylation is 1. The average Bonchev–Trinajstić information content (AvgIpc) is 2.77. The maximum Gasteiger partial charge on any atom is 0.242 e. The number of benzene rings is 2. The van der Waals surface area contributed by atoms with Crippen LogP contribution >= 0.6 is 23.4 Å². The van der Waals surface area contributed by atoms with Crippen molar-refractivity contribution in [2.24, 2.45) is 0 Å². The molecule has 1 atom stereocenters. The normalized spacial score (nSPS) is 15.2. The maximum atomic E-state index is 13.2. The van der Waals surface area contributed by atoms with Crippen LogP contribution < -0.4 is 5.32 Å². The molecule has 0 unspecified atom stereocenters. The van der Waals surface area contributed by atoms with Gasteiger partial charge in [-0.3, -0.25) is 9.59 Å². The first-order valence-corrected chi connectivity index (χ1v) is 12.9. The number of amides is 2. The molecule has 0 aliphatic heterocycles. The van der Waals surface area contributed by atoms with Gasteiger partial charge in [0.1, 0.15) is 6.04 Å². The van der Waals surface area contributed by atoms with Crippen LogP contribution in [-0.4, -0.2) is 34.6 Å². The van der Waals surface area contributed by atoms with Crippen molar-refractivity contribution in [3.63, 3.8) is 0 Å². The number of halogens is 1. The Morgan fingerprint density at radius 2 is 1.81 bits per heavy atom. The predicted octanol–water partition coefficient (Wildman–Crippen LogP) is 5.75. The molecule has 0 heterocycles. The molecule has 6 heteroatoms. The standard InChI is InChI=1S/C26H33ClN2O2S/c1-19-8-6-9-21(14-19)16-29(20(2)26(31)28-24-12-4-3-5-13-24)25(30)18-32-17-22-10-7-11-23(27)15-22/h6-11,14-15,20,24H,3-5,12-13,16-18H2,1-2H3,(H,28,31)/t20-/m0/s1. The molecule has 0 saturated heterocycles. The van der Waals surface area contributed by atoms with Gasteiger partial charge in [-0.2, -0.15) is 0 Å². The van der Waals surface area contributed by atoms with Crippen LogP contribution in [0.25, 0.3) is 0 Å². The Morgan fingerprint density at radius 3 is 2.53 bits per heavy atom. The Kier molecular flexibility index (Phi) is 9.49. The van der Waals surface area contributed by atoms with Gasteiger partial charge in [0, 0.05) is 23.4 Å². The summed E-state index contributed by atoms with van der Waals surface area (Å²) < 4.78 is 0. The number of rotatable bonds is 9. The molecule has 0 aromatic heterocycles. The van der Waals surface area contributed by atoms with E-state index in [-0.39, 0.29) is 17.9 Å². The molecule has 3 rings (SSSR count). The minimum atomic E-state index is -0.517. The molecule has 2 aromatic rings. The van der Waals surface area contributed by atoms with Gasteiger partial charge >= 0.3 is 0 Å². The van der Waals surface area contributed by atoms with Crippen molar-refractivity contribution in [1.82, 2.24) is 10.2 Å². The van der Waals surface area contributed by atoms with Gasteiger partial charge in [0.15, 0.2) is 0 Å². The molecule has 32 heavy (non-hydrogen) atoms. The summed E-state index contributed by atoms with van der Waals surface area (Å²) in [4.78, 5) is 28.0. The Hall–Kier alpha value is -1.98. The molecule has 1 aliphatic rings. The van der Waals surface area contributed by atoms with E-state index < -0.39 is 6.04 Å². The van der Waals surface area contributed by atoms with Gasteiger partial charge in [-0.15, -0.1) is 11.8 Å². The van der Waals surface area contributed by atoms with Crippen molar-refractivity contribution in [1.29, 1.82) is 0 Å². The SMILES string of the molecule is Cc1cccc(CN(C(=O)CSCc2cccc(Cl)c2)[C@@H](C)C(=O)NC2CCCCC2)c1. The third-order valence-corrected chi connectivity index (χ3v) is 7.16. The third kappa shape index (κ3) is 7.56. The molecule has 4 nitrogen and oxygen atoms in total. The topological polar surface area (TPSA) is 49.4 Å². The van der Waals surface area contributed by atoms with Crippen LogP contribution in [0.3, 0.4) is 0 Å². The van der Waals surface area contributed by atoms with Crippen LogP contribution in [0.1, 0.15) is 55.7 Å². The van der Waals surface area contributed by atoms with E-state index in [1.165, 1.54) is 6.42 Å². The number of nitrogens with zero attached hydrogens (tertiary/aromatic N) is 1. The summed E-state index contributed by atoms with van der Waals surface area (Å²) >= 11 is 7.62. The summed E-state index contributed by atoms with van der Waals surface area (Å²) in [6.45, 7) is 4.31. The summed E-state index contributed by atoms with van der Waals surface area (Å²) in [6, 6.07) is 15.5. The van der Waals surface area contributed by atoms with Gasteiger partial charge < -0.3 is 10.2 Å². The fourth-order valence-electron chi connectivity index (χ4n) is 4.12. The van der Waals surface area contributed by atoms with Crippen molar-refractivity contribution in [3.8, 4) is 0 Å². The molecule has 2 aromatic carbocycles. The highest BCUT2D eigenvalue weighted by Crippen LogP contribution is 2.20. The van der Waals surface area contributed by atoms with Gasteiger partial charge in [0.05, 0.1) is 5.75 Å². The molecular formula is C26H33ClN2O2S. The summed E-state index contributed by atoms with van der Waals surface area (Å²) in [5.41, 5.74) is 3.27. The predicted molar refractivity (Wildman–Crippen MR) is 134 cm³/mol. The molecule has 1 fully saturated rings. The average molecular weight is 473 g/mol. The zero-order valence-corrected chi connectivity index (χ0v) is 20.6. The fourth-order valence-corrected chi connectivity index (χ4v) is 5.20. The molecular weight excluding hydrogens is 440 g/mol. The van der Waals surface area contributed by atoms with E-state index in [2.05, 4.69) is 11.4 Å². The number of hydrogen-bond donors (Lipinski definition) is 1. The van der Waals surface area contributed by atoms with E-state index in [1.807, 2.05) is 56.3 Å². The number of nitrogens with one attached hydrogen (secondary N) is 1. The largest absolute Gasteiger partial charge is 0.352 e. The zero-order chi connectivity index (χ0) is 22.9. The molecule has 1 saturated carbocycles. The van der Waals surface area contributed by atoms with Crippen molar-refractivity contribution < 1.29 is 9.59 Å². The van der Waals surface area contributed by atoms with E-state index >= 15 is 0 Å². The molecule has 2 amide bonds. The molecule has 172 valence electrons. The number of carbonyl (C=O) groups excluding carboxylic acids is 2. The Morgan fingerprint density at radius 1 is 1.09 bits per heavy atom. The Bertz CT molecular complexity index is 914. The van der Waals surface area contributed by atoms with Crippen molar-refractivity contribution in [2.45, 2.75) is 70.3 Å². The van der Waals surface area contributed by atoms with Gasteiger partial charge in [0.25, 0.3) is 0 Å². The second kappa shape index (κ2) is 12.3. The summed E-state index contributed by atoms with van der Waals surface area (Å²) in [6.07, 6.45) is 5.61. The second-order valence-corrected chi connectivity index (χ2v) is 10.1. The van der Waals surface area contributed by atoms with E-state index in [9.17, 15) is 9.59 Å². The minimum absolute atomic E-state index is 0.0233. The van der Waals surface area contributed by atoms with Crippen LogP contribution in [0.15, 0.2) is 48.5 Å². The number of carbonyl (C=O) groups is 2. The summed E-state index contributed by atoms with van der Waals surface area (Å²) in [5, 5.41) is 3.88. The lowest BCUT2D eigenvalue weighted by Gasteiger charge is -2.31. The molecule has 1 N–H and O–H groups in total. The second-order valence-electron chi connectivity index (χ2n) is 8.65. The number of hydrogen-bond acceptors (Lipinski definition) is 3. The first-order chi connectivity index (χ1) is 15.4. The molecule has 1 aliphatic carbocycles. The van der Waals surface area contributed by atoms with Gasteiger partial charge in [0.2, 0.25) is 11.8 Å². The van der Waals surface area contributed by atoms with Crippen LogP contribution in [0.4, 0.5) is 0 Å². The quantitative estimate of drug-likeness (QED) is 0.505. The lowest BCUT2D eigenvalue weighted by Crippen LogP contribution is -2.50. The molecule has 0 bridgehead atoms. The Labute approximate surface area is 201 Å². The smallest absolute Gasteiger partial charge is 0.242 e. The van der Waals surface area contributed by atoms with Crippen LogP contribution in [0.2, 0.25) is 5.02 Å². The van der Waals surface area contributed by atoms with Crippen LogP contribution in [0, 0.1) is 6.92 Å². The van der Waals surface area contributed by atoms with E-state index in [4.69, 9.17) is 11.6 Å². The maximum absolute atomic E-state index is 13.2. The van der Waals surface area contributed by atoms with Gasteiger partial charge in [-0.05, 0) is 49.9 Å². The highest BCUT2D eigenvalue weighted by molar-refractivity contribution is 7.99. The van der Waals surface area contributed by atoms with Gasteiger partial charge in [-0.1, -0.05) is 72.8 Å². The third-order valence-electron chi connectivity index (χ3n) is 5.94. The highest BCUT2D eigenvalue weighted by Gasteiger charge is 2.28. The Balaban J connectivity index is 1.65. The monoisotopic (exact) mass is 472 g/mol. The van der Waals surface area contributed by atoms with E-state index in [0.717, 1.165) is 42.4 Å². The number of thioether (sulfide) groups is 1. The fraction of sp³-hybridized carbons (Fsp3) is 0.462. The van der Waals surface area contributed by atoms with Gasteiger partial charge in [-0.25, -0.2) is 0 Å². The van der Waals surface area contributed by atoms with Crippen molar-refractivity contribution >= 4 is 35.2 Å². The van der Waals surface area contributed by atoms with Crippen molar-refractivity contribution in [2.75, 3.05) is 5.75 Å². The zero-order valence-electron chi connectivity index (χ0n) is 19.0. The van der Waals surface area contributed by atoms with Crippen LogP contribution in [0.5, 0.6) is 0 Å². The van der Waals surface area contributed by atoms with E-state index in [0.29, 0.717) is 23.1 Å². The summed E-state index contributed by atoms with van der Waals surface area (Å²) in [5.74, 6) is 0.939. The molecule has 0 radical (unpaired) electrons. The first-order valence-electron chi connectivity index (χ1n) is 11.4. The lowest BCUT2D eigenvalue weighted by molar-refractivity contribution is -0.139. The minimum Gasteiger partial charge on any atom is -0.352 e.